The van der Waals surface area contributed by atoms with Crippen molar-refractivity contribution in [2.45, 2.75) is 59.1 Å². The second kappa shape index (κ2) is 7.76. The zero-order valence-corrected chi connectivity index (χ0v) is 12.3. The molecule has 6 heteroatoms. The predicted molar refractivity (Wildman–Crippen MR) is 71.8 cm³/mol. The third-order valence-electron chi connectivity index (χ3n) is 2.22. The Balaban J connectivity index is 4.16. The highest BCUT2D eigenvalue weighted by molar-refractivity contribution is 5.88. The molecule has 0 rings (SSSR count). The van der Waals surface area contributed by atoms with E-state index < -0.39 is 17.7 Å². The highest BCUT2D eigenvalue weighted by Gasteiger charge is 2.19. The minimum absolute atomic E-state index is 0.0545. The van der Waals surface area contributed by atoms with Gasteiger partial charge in [-0.3, -0.25) is 9.59 Å². The van der Waals surface area contributed by atoms with Crippen molar-refractivity contribution in [3.05, 3.63) is 0 Å². The Bertz CT molecular complexity index is 334. The highest BCUT2D eigenvalue weighted by atomic mass is 16.6. The summed E-state index contributed by atoms with van der Waals surface area (Å²) in [6.07, 6.45) is 0.168. The molecule has 19 heavy (non-hydrogen) atoms. The lowest BCUT2D eigenvalue weighted by Crippen LogP contribution is -2.42. The fourth-order valence-electron chi connectivity index (χ4n) is 1.44. The first-order valence-electron chi connectivity index (χ1n) is 6.42. The molecule has 0 aliphatic rings. The van der Waals surface area contributed by atoms with E-state index >= 15 is 0 Å². The third kappa shape index (κ3) is 9.04. The molecule has 0 unspecified atom stereocenters. The van der Waals surface area contributed by atoms with Gasteiger partial charge in [-0.1, -0.05) is 6.92 Å². The van der Waals surface area contributed by atoms with Gasteiger partial charge >= 0.3 is 6.09 Å². The fourth-order valence-corrected chi connectivity index (χ4v) is 1.44. The molecule has 0 spiro atoms. The smallest absolute Gasteiger partial charge is 0.407 e. The topological polar surface area (TPSA) is 84.5 Å². The van der Waals surface area contributed by atoms with Gasteiger partial charge in [-0.25, -0.2) is 4.79 Å². The average molecular weight is 272 g/mol. The predicted octanol–water partition coefficient (Wildman–Crippen LogP) is 1.38. The molecule has 2 amide bonds. The molecule has 1 atom stereocenters. The third-order valence-corrected chi connectivity index (χ3v) is 2.22. The Labute approximate surface area is 114 Å². The Morgan fingerprint density at radius 3 is 2.21 bits per heavy atom. The van der Waals surface area contributed by atoms with E-state index in [-0.39, 0.29) is 18.2 Å². The van der Waals surface area contributed by atoms with Crippen LogP contribution in [0.3, 0.4) is 0 Å². The maximum absolute atomic E-state index is 11.6. The van der Waals surface area contributed by atoms with Crippen LogP contribution in [-0.2, 0) is 14.3 Å². The molecule has 0 radical (unpaired) electrons. The molecule has 6 nitrogen and oxygen atoms in total. The van der Waals surface area contributed by atoms with Gasteiger partial charge in [0.1, 0.15) is 5.60 Å². The molecule has 110 valence electrons. The lowest BCUT2D eigenvalue weighted by Gasteiger charge is -2.20. The number of ketones is 1. The molecule has 0 saturated carbocycles. The molecule has 0 saturated heterocycles. The van der Waals surface area contributed by atoms with Gasteiger partial charge in [0.2, 0.25) is 5.91 Å². The number of carbonyl (C=O) groups is 3. The van der Waals surface area contributed by atoms with E-state index in [1.54, 1.807) is 27.7 Å². The zero-order valence-electron chi connectivity index (χ0n) is 12.3. The van der Waals surface area contributed by atoms with Crippen LogP contribution in [0.4, 0.5) is 4.79 Å². The summed E-state index contributed by atoms with van der Waals surface area (Å²) in [6, 6.07) is -0.558. The van der Waals surface area contributed by atoms with Gasteiger partial charge in [-0.2, -0.15) is 0 Å². The number of nitrogens with one attached hydrogen (secondary N) is 2. The van der Waals surface area contributed by atoms with Crippen LogP contribution >= 0.6 is 0 Å². The monoisotopic (exact) mass is 272 g/mol. The largest absolute Gasteiger partial charge is 0.444 e. The van der Waals surface area contributed by atoms with E-state index in [9.17, 15) is 14.4 Å². The van der Waals surface area contributed by atoms with Gasteiger partial charge in [0.05, 0.1) is 6.04 Å². The van der Waals surface area contributed by atoms with Gasteiger partial charge < -0.3 is 15.4 Å². The van der Waals surface area contributed by atoms with Gasteiger partial charge in [-0.05, 0) is 27.2 Å². The SMILES string of the molecule is CCC(=O)[C@H](CCNC(=O)OC(C)(C)C)NC(C)=O. The summed E-state index contributed by atoms with van der Waals surface area (Å²) in [4.78, 5) is 34.0. The van der Waals surface area contributed by atoms with Crippen LogP contribution in [0.15, 0.2) is 0 Å². The molecular formula is C13H24N2O4. The van der Waals surface area contributed by atoms with Gasteiger partial charge in [0.25, 0.3) is 0 Å². The zero-order chi connectivity index (χ0) is 15.1. The van der Waals surface area contributed by atoms with Crippen molar-refractivity contribution in [2.75, 3.05) is 6.54 Å². The number of hydrogen-bond donors (Lipinski definition) is 2. The molecule has 0 heterocycles. The fraction of sp³-hybridized carbons (Fsp3) is 0.769. The molecule has 0 bridgehead atoms. The molecule has 0 aromatic carbocycles. The molecule has 0 aromatic rings. The maximum Gasteiger partial charge on any atom is 0.407 e. The van der Waals surface area contributed by atoms with Crippen LogP contribution in [0.1, 0.15) is 47.5 Å². The standard InChI is InChI=1S/C13H24N2O4/c1-6-11(17)10(15-9(2)16)7-8-14-12(18)19-13(3,4)5/h10H,6-8H2,1-5H3,(H,14,18)(H,15,16)/t10-/m0/s1. The van der Waals surface area contributed by atoms with Crippen molar-refractivity contribution in [1.82, 2.24) is 10.6 Å². The van der Waals surface area contributed by atoms with Crippen molar-refractivity contribution in [3.63, 3.8) is 0 Å². The van der Waals surface area contributed by atoms with Crippen molar-refractivity contribution in [1.29, 1.82) is 0 Å². The summed E-state index contributed by atoms with van der Waals surface area (Å²) >= 11 is 0. The molecule has 0 aliphatic carbocycles. The molecule has 0 aromatic heterocycles. The Morgan fingerprint density at radius 1 is 1.21 bits per heavy atom. The van der Waals surface area contributed by atoms with Crippen molar-refractivity contribution in [2.24, 2.45) is 0 Å². The van der Waals surface area contributed by atoms with E-state index in [4.69, 9.17) is 4.74 Å². The van der Waals surface area contributed by atoms with E-state index in [1.165, 1.54) is 6.92 Å². The van der Waals surface area contributed by atoms with E-state index in [1.807, 2.05) is 0 Å². The average Bonchev–Trinajstić information content (AvgIpc) is 2.23. The quantitative estimate of drug-likeness (QED) is 0.765. The van der Waals surface area contributed by atoms with Crippen LogP contribution in [0.5, 0.6) is 0 Å². The Kier molecular flexibility index (Phi) is 7.11. The van der Waals surface area contributed by atoms with Crippen LogP contribution in [0, 0.1) is 0 Å². The summed E-state index contributed by atoms with van der Waals surface area (Å²) in [5.74, 6) is -0.315. The molecular weight excluding hydrogens is 248 g/mol. The van der Waals surface area contributed by atoms with Crippen LogP contribution in [0.2, 0.25) is 0 Å². The summed E-state index contributed by atoms with van der Waals surface area (Å²) in [5, 5.41) is 5.13. The normalized spacial score (nSPS) is 12.5. The lowest BCUT2D eigenvalue weighted by molar-refractivity contribution is -0.126. The Hall–Kier alpha value is -1.59. The first-order chi connectivity index (χ1) is 8.65. The number of amides is 2. The van der Waals surface area contributed by atoms with Gasteiger partial charge in [0.15, 0.2) is 5.78 Å². The van der Waals surface area contributed by atoms with Crippen LogP contribution < -0.4 is 10.6 Å². The second-order valence-electron chi connectivity index (χ2n) is 5.29. The molecule has 0 aliphatic heterocycles. The van der Waals surface area contributed by atoms with E-state index in [0.717, 1.165) is 0 Å². The van der Waals surface area contributed by atoms with Gasteiger partial charge in [0, 0.05) is 19.9 Å². The Morgan fingerprint density at radius 2 is 1.79 bits per heavy atom. The van der Waals surface area contributed by atoms with Crippen molar-refractivity contribution >= 4 is 17.8 Å². The number of ether oxygens (including phenoxy) is 1. The minimum Gasteiger partial charge on any atom is -0.444 e. The van der Waals surface area contributed by atoms with Crippen molar-refractivity contribution < 1.29 is 19.1 Å². The molecule has 0 fully saturated rings. The van der Waals surface area contributed by atoms with Crippen LogP contribution in [0.25, 0.3) is 0 Å². The summed E-state index contributed by atoms with van der Waals surface area (Å²) < 4.78 is 5.07. The number of rotatable bonds is 6. The number of Topliss-reactive ketones (excluding diaryl/α,β-unsaturated/α-hetero) is 1. The van der Waals surface area contributed by atoms with Gasteiger partial charge in [-0.15, -0.1) is 0 Å². The minimum atomic E-state index is -0.558. The van der Waals surface area contributed by atoms with E-state index in [2.05, 4.69) is 10.6 Å². The lowest BCUT2D eigenvalue weighted by atomic mass is 10.1. The summed E-state index contributed by atoms with van der Waals surface area (Å²) in [5.41, 5.74) is -0.555. The number of carbonyl (C=O) groups excluding carboxylic acids is 3. The first-order valence-corrected chi connectivity index (χ1v) is 6.42. The second-order valence-corrected chi connectivity index (χ2v) is 5.29. The maximum atomic E-state index is 11.6. The summed E-state index contributed by atoms with van der Waals surface area (Å²) in [7, 11) is 0. The number of alkyl carbamates (subject to hydrolysis) is 1. The van der Waals surface area contributed by atoms with Crippen LogP contribution in [-0.4, -0.2) is 36.0 Å². The summed E-state index contributed by atoms with van der Waals surface area (Å²) in [6.45, 7) is 8.68. The first kappa shape index (κ1) is 17.4. The highest BCUT2D eigenvalue weighted by Crippen LogP contribution is 2.06. The van der Waals surface area contributed by atoms with E-state index in [0.29, 0.717) is 12.8 Å². The number of hydrogen-bond acceptors (Lipinski definition) is 4. The molecule has 2 N–H and O–H groups in total. The van der Waals surface area contributed by atoms with Crippen molar-refractivity contribution in [3.8, 4) is 0 Å².